The lowest BCUT2D eigenvalue weighted by Crippen LogP contribution is -2.06. The van der Waals surface area contributed by atoms with E-state index in [2.05, 4.69) is 18.8 Å². The molecule has 78 valence electrons. The van der Waals surface area contributed by atoms with E-state index in [1.807, 2.05) is 43.5 Å². The van der Waals surface area contributed by atoms with E-state index in [0.717, 1.165) is 6.54 Å². The fourth-order valence-electron chi connectivity index (χ4n) is 0.943. The molecule has 1 N–H and O–H groups in total. The van der Waals surface area contributed by atoms with Crippen molar-refractivity contribution in [3.8, 4) is 0 Å². The van der Waals surface area contributed by atoms with Crippen molar-refractivity contribution in [3.05, 3.63) is 42.5 Å². The highest BCUT2D eigenvalue weighted by Crippen LogP contribution is 1.97. The Hall–Kier alpha value is -1.08. The van der Waals surface area contributed by atoms with Crippen molar-refractivity contribution in [2.24, 2.45) is 0 Å². The highest BCUT2D eigenvalue weighted by Gasteiger charge is 1.75. The van der Waals surface area contributed by atoms with E-state index in [-0.39, 0.29) is 0 Å². The number of hydrogen-bond acceptors (Lipinski definition) is 1. The molecule has 0 saturated carbocycles. The average molecular weight is 191 g/mol. The molecule has 0 amide bonds. The molecule has 1 nitrogen and oxygen atoms in total. The molecule has 0 aromatic heterocycles. The third-order valence-corrected chi connectivity index (χ3v) is 1.82. The van der Waals surface area contributed by atoms with Crippen LogP contribution in [0.4, 0.5) is 0 Å². The molecule has 0 spiro atoms. The van der Waals surface area contributed by atoms with Crippen LogP contribution in [-0.4, -0.2) is 13.6 Å². The Morgan fingerprint density at radius 1 is 1.29 bits per heavy atom. The Kier molecular flexibility index (Phi) is 9.23. The topological polar surface area (TPSA) is 12.0 Å². The van der Waals surface area contributed by atoms with Gasteiger partial charge in [-0.3, -0.25) is 0 Å². The summed E-state index contributed by atoms with van der Waals surface area (Å²) in [6, 6.07) is 10.0. The summed E-state index contributed by atoms with van der Waals surface area (Å²) in [7, 11) is 1.98. The van der Waals surface area contributed by atoms with Gasteiger partial charge in [-0.2, -0.15) is 0 Å². The van der Waals surface area contributed by atoms with Crippen LogP contribution in [0.3, 0.4) is 0 Å². The lowest BCUT2D eigenvalue weighted by Gasteiger charge is -1.89. The van der Waals surface area contributed by atoms with Crippen molar-refractivity contribution in [3.63, 3.8) is 0 Å². The van der Waals surface area contributed by atoms with E-state index in [4.69, 9.17) is 0 Å². The molecule has 0 fully saturated rings. The Morgan fingerprint density at radius 2 is 1.93 bits per heavy atom. The first-order chi connectivity index (χ1) is 6.85. The van der Waals surface area contributed by atoms with Crippen molar-refractivity contribution in [1.82, 2.24) is 5.32 Å². The summed E-state index contributed by atoms with van der Waals surface area (Å²) in [5.41, 5.74) is 1.17. The highest BCUT2D eigenvalue weighted by atomic mass is 14.8. The zero-order chi connectivity index (χ0) is 10.6. The molecule has 0 radical (unpaired) electrons. The van der Waals surface area contributed by atoms with E-state index >= 15 is 0 Å². The summed E-state index contributed by atoms with van der Waals surface area (Å²) in [4.78, 5) is 0. The second-order valence-electron chi connectivity index (χ2n) is 3.07. The molecule has 14 heavy (non-hydrogen) atoms. The number of hydrogen-bond donors (Lipinski definition) is 1. The second-order valence-corrected chi connectivity index (χ2v) is 3.07. The fraction of sp³-hybridized carbons (Fsp3) is 0.385. The molecule has 0 aliphatic carbocycles. The molecule has 1 aromatic carbocycles. The van der Waals surface area contributed by atoms with Crippen LogP contribution in [0.2, 0.25) is 0 Å². The van der Waals surface area contributed by atoms with Crippen LogP contribution in [0.25, 0.3) is 6.08 Å². The minimum Gasteiger partial charge on any atom is -0.320 e. The molecule has 0 bridgehead atoms. The fourth-order valence-corrected chi connectivity index (χ4v) is 0.943. The number of nitrogens with one attached hydrogen (secondary N) is 1. The van der Waals surface area contributed by atoms with E-state index in [1.54, 1.807) is 0 Å². The van der Waals surface area contributed by atoms with Gasteiger partial charge in [0.2, 0.25) is 0 Å². The summed E-state index contributed by atoms with van der Waals surface area (Å²) in [6.45, 7) is 6.99. The van der Waals surface area contributed by atoms with E-state index < -0.39 is 0 Å². The van der Waals surface area contributed by atoms with Gasteiger partial charge in [-0.15, -0.1) is 0 Å². The lowest BCUT2D eigenvalue weighted by atomic mass is 10.2. The number of benzene rings is 1. The van der Waals surface area contributed by atoms with Gasteiger partial charge in [0.25, 0.3) is 0 Å². The Labute approximate surface area is 87.9 Å². The SMILES string of the molecule is C=Cc1ccccc1.CCCCNC. The molecule has 0 unspecified atom stereocenters. The van der Waals surface area contributed by atoms with Crippen LogP contribution in [0, 0.1) is 0 Å². The Morgan fingerprint density at radius 3 is 2.21 bits per heavy atom. The molecule has 1 heteroatoms. The van der Waals surface area contributed by atoms with Crippen molar-refractivity contribution in [2.75, 3.05) is 13.6 Å². The quantitative estimate of drug-likeness (QED) is 0.720. The predicted octanol–water partition coefficient (Wildman–Crippen LogP) is 3.34. The van der Waals surface area contributed by atoms with Gasteiger partial charge in [-0.1, -0.05) is 56.3 Å². The van der Waals surface area contributed by atoms with Gasteiger partial charge in [0.05, 0.1) is 0 Å². The van der Waals surface area contributed by atoms with Crippen LogP contribution in [0.1, 0.15) is 25.3 Å². The summed E-state index contributed by atoms with van der Waals surface area (Å²) in [6.07, 6.45) is 4.43. The number of unbranched alkanes of at least 4 members (excludes halogenated alkanes) is 1. The zero-order valence-corrected chi connectivity index (χ0v) is 9.29. The smallest absolute Gasteiger partial charge is 0.00520 e. The number of rotatable bonds is 4. The van der Waals surface area contributed by atoms with E-state index in [9.17, 15) is 0 Å². The zero-order valence-electron chi connectivity index (χ0n) is 9.29. The van der Waals surface area contributed by atoms with Gasteiger partial charge in [0.1, 0.15) is 0 Å². The molecule has 0 aliphatic rings. The van der Waals surface area contributed by atoms with Crippen LogP contribution < -0.4 is 5.32 Å². The molecular weight excluding hydrogens is 170 g/mol. The first kappa shape index (κ1) is 12.9. The van der Waals surface area contributed by atoms with Gasteiger partial charge in [-0.25, -0.2) is 0 Å². The molecule has 0 saturated heterocycles. The standard InChI is InChI=1S/C8H8.C5H13N/c1-2-8-6-4-3-5-7-8;1-3-4-5-6-2/h2-7H,1H2;6H,3-5H2,1-2H3. The van der Waals surface area contributed by atoms with Crippen molar-refractivity contribution in [1.29, 1.82) is 0 Å². The van der Waals surface area contributed by atoms with Gasteiger partial charge in [-0.05, 0) is 25.6 Å². The second kappa shape index (κ2) is 10.0. The maximum Gasteiger partial charge on any atom is -0.00520 e. The summed E-state index contributed by atoms with van der Waals surface area (Å²) in [5.74, 6) is 0. The molecule has 1 aromatic rings. The van der Waals surface area contributed by atoms with Gasteiger partial charge in [0, 0.05) is 0 Å². The average Bonchev–Trinajstić information content (AvgIpc) is 2.28. The first-order valence-electron chi connectivity index (χ1n) is 5.17. The lowest BCUT2D eigenvalue weighted by molar-refractivity contribution is 0.711. The Bertz CT molecular complexity index is 212. The minimum absolute atomic E-state index is 1.16. The maximum atomic E-state index is 3.63. The summed E-state index contributed by atoms with van der Waals surface area (Å²) in [5, 5.41) is 3.07. The van der Waals surface area contributed by atoms with Gasteiger partial charge >= 0.3 is 0 Å². The molecular formula is C13H21N. The normalized spacial score (nSPS) is 8.71. The third kappa shape index (κ3) is 7.56. The maximum absolute atomic E-state index is 3.63. The molecule has 0 atom stereocenters. The molecule has 1 rings (SSSR count). The van der Waals surface area contributed by atoms with E-state index in [1.165, 1.54) is 18.4 Å². The first-order valence-corrected chi connectivity index (χ1v) is 5.17. The van der Waals surface area contributed by atoms with Crippen molar-refractivity contribution in [2.45, 2.75) is 19.8 Å². The van der Waals surface area contributed by atoms with Crippen LogP contribution in [0.5, 0.6) is 0 Å². The highest BCUT2D eigenvalue weighted by molar-refractivity contribution is 5.45. The van der Waals surface area contributed by atoms with Crippen molar-refractivity contribution < 1.29 is 0 Å². The Balaban J connectivity index is 0.000000255. The van der Waals surface area contributed by atoms with Crippen LogP contribution in [0.15, 0.2) is 36.9 Å². The summed E-state index contributed by atoms with van der Waals surface area (Å²) >= 11 is 0. The van der Waals surface area contributed by atoms with Crippen LogP contribution in [-0.2, 0) is 0 Å². The van der Waals surface area contributed by atoms with Crippen LogP contribution >= 0.6 is 0 Å². The summed E-state index contributed by atoms with van der Waals surface area (Å²) < 4.78 is 0. The largest absolute Gasteiger partial charge is 0.320 e. The molecule has 0 aliphatic heterocycles. The van der Waals surface area contributed by atoms with E-state index in [0.29, 0.717) is 0 Å². The monoisotopic (exact) mass is 191 g/mol. The predicted molar refractivity (Wildman–Crippen MR) is 65.4 cm³/mol. The van der Waals surface area contributed by atoms with Gasteiger partial charge in [0.15, 0.2) is 0 Å². The minimum atomic E-state index is 1.16. The third-order valence-electron chi connectivity index (χ3n) is 1.82. The van der Waals surface area contributed by atoms with Gasteiger partial charge < -0.3 is 5.32 Å². The van der Waals surface area contributed by atoms with Crippen molar-refractivity contribution >= 4 is 6.08 Å². The molecule has 0 heterocycles.